The summed E-state index contributed by atoms with van der Waals surface area (Å²) in [5.41, 5.74) is 5.20. The number of thiol groups is 1. The Morgan fingerprint density at radius 3 is 2.41 bits per heavy atom. The summed E-state index contributed by atoms with van der Waals surface area (Å²) in [5, 5.41) is 17.3. The number of carboxylic acid groups (broad SMARTS) is 1. The monoisotopic (exact) mass is 429 g/mol. The molecule has 2 saturated heterocycles. The molecule has 0 bridgehead atoms. The third-order valence-electron chi connectivity index (χ3n) is 5.03. The van der Waals surface area contributed by atoms with E-state index >= 15 is 0 Å². The molecule has 4 unspecified atom stereocenters. The third kappa shape index (κ3) is 6.07. The maximum absolute atomic E-state index is 12.8. The molecular formula is C17H27N5O6S. The topological polar surface area (TPSA) is 171 Å². The lowest BCUT2D eigenvalue weighted by molar-refractivity contribution is -0.149. The highest BCUT2D eigenvalue weighted by Crippen LogP contribution is 2.19. The second-order valence-corrected chi connectivity index (χ2v) is 7.52. The van der Waals surface area contributed by atoms with Crippen molar-refractivity contribution < 1.29 is 29.1 Å². The van der Waals surface area contributed by atoms with Gasteiger partial charge in [-0.1, -0.05) is 0 Å². The summed E-state index contributed by atoms with van der Waals surface area (Å²) >= 11 is 4.08. The molecule has 0 aliphatic carbocycles. The zero-order valence-electron chi connectivity index (χ0n) is 15.9. The van der Waals surface area contributed by atoms with Crippen LogP contribution in [0, 0.1) is 0 Å². The Hall–Kier alpha value is -2.34. The number of nitrogens with one attached hydrogen (secondary N) is 3. The number of likely N-dealkylation sites (tertiary alicyclic amines) is 1. The molecule has 4 amide bonds. The summed E-state index contributed by atoms with van der Waals surface area (Å²) in [4.78, 5) is 61.5. The van der Waals surface area contributed by atoms with Crippen molar-refractivity contribution in [3.8, 4) is 0 Å². The Bertz CT molecular complexity index is 669. The molecule has 0 spiro atoms. The molecular weight excluding hydrogens is 402 g/mol. The molecule has 162 valence electrons. The van der Waals surface area contributed by atoms with Crippen molar-refractivity contribution in [1.82, 2.24) is 20.9 Å². The second kappa shape index (κ2) is 10.4. The molecule has 2 fully saturated rings. The minimum absolute atomic E-state index is 0.0246. The highest BCUT2D eigenvalue weighted by atomic mass is 32.1. The first-order valence-electron chi connectivity index (χ1n) is 9.51. The van der Waals surface area contributed by atoms with Gasteiger partial charge in [0.15, 0.2) is 0 Å². The van der Waals surface area contributed by atoms with E-state index in [1.54, 1.807) is 0 Å². The lowest BCUT2D eigenvalue weighted by atomic mass is 10.1. The molecule has 0 aromatic carbocycles. The Balaban J connectivity index is 2.05. The number of aliphatic carboxylic acids is 1. The number of nitrogens with two attached hydrogens (primary N) is 1. The zero-order chi connectivity index (χ0) is 21.6. The molecule has 2 aliphatic rings. The Labute approximate surface area is 173 Å². The van der Waals surface area contributed by atoms with Crippen LogP contribution in [0.4, 0.5) is 0 Å². The van der Waals surface area contributed by atoms with E-state index < -0.39 is 54.3 Å². The number of nitrogens with zero attached hydrogens (tertiary/aromatic N) is 1. The number of amides is 4. The highest BCUT2D eigenvalue weighted by Gasteiger charge is 2.39. The molecule has 0 radical (unpaired) electrons. The van der Waals surface area contributed by atoms with Crippen molar-refractivity contribution in [3.63, 3.8) is 0 Å². The first kappa shape index (κ1) is 22.9. The van der Waals surface area contributed by atoms with E-state index in [0.717, 1.165) is 11.3 Å². The van der Waals surface area contributed by atoms with Crippen LogP contribution in [0.3, 0.4) is 0 Å². The van der Waals surface area contributed by atoms with Crippen LogP contribution in [0.2, 0.25) is 0 Å². The Kier molecular flexibility index (Phi) is 8.26. The largest absolute Gasteiger partial charge is 0.480 e. The number of carboxylic acids is 1. The van der Waals surface area contributed by atoms with E-state index in [0.29, 0.717) is 25.8 Å². The molecule has 0 saturated carbocycles. The van der Waals surface area contributed by atoms with Crippen molar-refractivity contribution in [2.24, 2.45) is 5.73 Å². The van der Waals surface area contributed by atoms with Gasteiger partial charge in [-0.15, -0.1) is 0 Å². The van der Waals surface area contributed by atoms with Gasteiger partial charge in [0.25, 0.3) is 0 Å². The minimum Gasteiger partial charge on any atom is -0.480 e. The van der Waals surface area contributed by atoms with Gasteiger partial charge in [0.05, 0.1) is 12.5 Å². The predicted molar refractivity (Wildman–Crippen MR) is 105 cm³/mol. The van der Waals surface area contributed by atoms with E-state index in [-0.39, 0.29) is 18.2 Å². The number of carbonyl (C=O) groups excluding carboxylic acids is 4. The predicted octanol–water partition coefficient (Wildman–Crippen LogP) is -2.41. The van der Waals surface area contributed by atoms with Gasteiger partial charge in [0.2, 0.25) is 23.6 Å². The van der Waals surface area contributed by atoms with Gasteiger partial charge in [0.1, 0.15) is 18.1 Å². The normalized spacial score (nSPS) is 23.3. The van der Waals surface area contributed by atoms with Gasteiger partial charge in [-0.2, -0.15) is 12.6 Å². The van der Waals surface area contributed by atoms with Crippen LogP contribution in [-0.4, -0.2) is 82.6 Å². The van der Waals surface area contributed by atoms with E-state index in [9.17, 15) is 29.1 Å². The fraction of sp³-hybridized carbons (Fsp3) is 0.706. The van der Waals surface area contributed by atoms with Gasteiger partial charge in [-0.25, -0.2) is 4.79 Å². The maximum Gasteiger partial charge on any atom is 0.326 e. The van der Waals surface area contributed by atoms with Crippen molar-refractivity contribution in [1.29, 1.82) is 0 Å². The van der Waals surface area contributed by atoms with Crippen LogP contribution in [0.1, 0.15) is 32.1 Å². The van der Waals surface area contributed by atoms with Crippen LogP contribution in [0.25, 0.3) is 0 Å². The number of hydrogen-bond acceptors (Lipinski definition) is 7. The summed E-state index contributed by atoms with van der Waals surface area (Å²) in [7, 11) is 0. The van der Waals surface area contributed by atoms with Crippen LogP contribution in [0.5, 0.6) is 0 Å². The average molecular weight is 429 g/mol. The summed E-state index contributed by atoms with van der Waals surface area (Å²) in [6, 6.07) is -3.74. The lowest BCUT2D eigenvalue weighted by Crippen LogP contribution is -2.58. The van der Waals surface area contributed by atoms with Crippen LogP contribution < -0.4 is 21.7 Å². The SMILES string of the molecule is NC(=O)CC(NC(=O)C(CS)NC(=O)C1CCCN1)C(=O)N1CCCC1C(=O)O. The molecule has 4 atom stereocenters. The fourth-order valence-corrected chi connectivity index (χ4v) is 3.79. The summed E-state index contributed by atoms with van der Waals surface area (Å²) < 4.78 is 0. The van der Waals surface area contributed by atoms with Crippen molar-refractivity contribution in [3.05, 3.63) is 0 Å². The van der Waals surface area contributed by atoms with Crippen LogP contribution in [-0.2, 0) is 24.0 Å². The molecule has 29 heavy (non-hydrogen) atoms. The molecule has 0 aromatic heterocycles. The Morgan fingerprint density at radius 1 is 1.14 bits per heavy atom. The molecule has 0 aromatic rings. The van der Waals surface area contributed by atoms with Gasteiger partial charge >= 0.3 is 5.97 Å². The smallest absolute Gasteiger partial charge is 0.326 e. The van der Waals surface area contributed by atoms with Crippen molar-refractivity contribution in [2.75, 3.05) is 18.8 Å². The van der Waals surface area contributed by atoms with E-state index in [4.69, 9.17) is 5.73 Å². The summed E-state index contributed by atoms with van der Waals surface area (Å²) in [5.74, 6) is -3.73. The van der Waals surface area contributed by atoms with Crippen molar-refractivity contribution >= 4 is 42.2 Å². The molecule has 11 nitrogen and oxygen atoms in total. The average Bonchev–Trinajstić information content (AvgIpc) is 3.35. The second-order valence-electron chi connectivity index (χ2n) is 7.15. The molecule has 6 N–H and O–H groups in total. The number of carbonyl (C=O) groups is 5. The standard InChI is InChI=1S/C17H27N5O6S/c18-13(23)7-10(16(26)22-6-2-4-12(22)17(27)28)20-15(25)11(8-29)21-14(24)9-3-1-5-19-9/h9-12,19,29H,1-8H2,(H2,18,23)(H,20,25)(H,21,24)(H,27,28). The number of primary amides is 1. The fourth-order valence-electron chi connectivity index (χ4n) is 3.54. The van der Waals surface area contributed by atoms with E-state index in [1.807, 2.05) is 0 Å². The third-order valence-corrected chi connectivity index (χ3v) is 5.40. The maximum atomic E-state index is 12.8. The van der Waals surface area contributed by atoms with Crippen LogP contribution >= 0.6 is 12.6 Å². The first-order valence-corrected chi connectivity index (χ1v) is 10.1. The number of hydrogen-bond donors (Lipinski definition) is 6. The first-order chi connectivity index (χ1) is 13.7. The van der Waals surface area contributed by atoms with E-state index in [2.05, 4.69) is 28.6 Å². The molecule has 12 heteroatoms. The quantitative estimate of drug-likeness (QED) is 0.222. The van der Waals surface area contributed by atoms with Crippen molar-refractivity contribution in [2.45, 2.75) is 56.3 Å². The zero-order valence-corrected chi connectivity index (χ0v) is 16.8. The lowest BCUT2D eigenvalue weighted by Gasteiger charge is -2.28. The van der Waals surface area contributed by atoms with Gasteiger partial charge < -0.3 is 31.7 Å². The minimum atomic E-state index is -1.32. The molecule has 2 heterocycles. The molecule has 2 aliphatic heterocycles. The van der Waals surface area contributed by atoms with Crippen LogP contribution in [0.15, 0.2) is 0 Å². The van der Waals surface area contributed by atoms with E-state index in [1.165, 1.54) is 0 Å². The summed E-state index contributed by atoms with van der Waals surface area (Å²) in [6.07, 6.45) is 1.82. The Morgan fingerprint density at radius 2 is 1.86 bits per heavy atom. The van der Waals surface area contributed by atoms with Gasteiger partial charge in [-0.05, 0) is 32.2 Å². The van der Waals surface area contributed by atoms with Gasteiger partial charge in [-0.3, -0.25) is 19.2 Å². The number of rotatable bonds is 9. The van der Waals surface area contributed by atoms with Gasteiger partial charge in [0, 0.05) is 12.3 Å². The molecule has 2 rings (SSSR count). The summed E-state index contributed by atoms with van der Waals surface area (Å²) in [6.45, 7) is 0.923. The highest BCUT2D eigenvalue weighted by molar-refractivity contribution is 7.80.